The molecule has 92 valence electrons. The first-order chi connectivity index (χ1) is 7.51. The van der Waals surface area contributed by atoms with Crippen molar-refractivity contribution in [2.75, 3.05) is 12.5 Å². The second-order valence-corrected chi connectivity index (χ2v) is 3.38. The molecule has 0 fully saturated rings. The molecule has 0 bridgehead atoms. The van der Waals surface area contributed by atoms with Crippen molar-refractivity contribution >= 4 is 11.6 Å². The van der Waals surface area contributed by atoms with Crippen LogP contribution in [0.25, 0.3) is 0 Å². The summed E-state index contributed by atoms with van der Waals surface area (Å²) in [6.45, 7) is -1.64. The van der Waals surface area contributed by atoms with Crippen molar-refractivity contribution in [1.82, 2.24) is 10.1 Å². The minimum atomic E-state index is -4.34. The number of aryl methyl sites for hydroxylation is 1. The van der Waals surface area contributed by atoms with Crippen LogP contribution in [0.2, 0.25) is 0 Å². The highest BCUT2D eigenvalue weighted by Gasteiger charge is 2.27. The molecule has 1 aromatic heterocycles. The van der Waals surface area contributed by atoms with Crippen LogP contribution in [-0.4, -0.2) is 28.8 Å². The Morgan fingerprint density at radius 1 is 1.38 bits per heavy atom. The smallest absolute Gasteiger partial charge is 0.364 e. The topological polar surface area (TPSA) is 48.2 Å². The minimum absolute atomic E-state index is 0.105. The molecule has 0 amide bonds. The predicted octanol–water partition coefficient (Wildman–Crippen LogP) is 2.32. The quantitative estimate of drug-likeness (QED) is 0.735. The number of hydrogen-bond acceptors (Lipinski definition) is 4. The van der Waals surface area contributed by atoms with Crippen LogP contribution in [0.3, 0.4) is 0 Å². The van der Waals surface area contributed by atoms with Crippen LogP contribution in [0.15, 0.2) is 4.52 Å². The third-order valence-electron chi connectivity index (χ3n) is 1.53. The van der Waals surface area contributed by atoms with E-state index in [1.807, 2.05) is 0 Å². The number of rotatable bonds is 6. The van der Waals surface area contributed by atoms with Crippen LogP contribution < -0.4 is 0 Å². The molecule has 0 aromatic carbocycles. The molecule has 0 atom stereocenters. The van der Waals surface area contributed by atoms with E-state index in [-0.39, 0.29) is 12.4 Å². The summed E-state index contributed by atoms with van der Waals surface area (Å²) >= 11 is 5.45. The molecule has 0 unspecified atom stereocenters. The summed E-state index contributed by atoms with van der Waals surface area (Å²) < 4.78 is 44.3. The maximum atomic E-state index is 11.7. The summed E-state index contributed by atoms with van der Waals surface area (Å²) in [5.41, 5.74) is 0. The average molecular weight is 259 g/mol. The van der Waals surface area contributed by atoms with Gasteiger partial charge in [-0.05, 0) is 6.42 Å². The van der Waals surface area contributed by atoms with Crippen LogP contribution in [0.1, 0.15) is 18.1 Å². The predicted molar refractivity (Wildman–Crippen MR) is 49.1 cm³/mol. The Hall–Kier alpha value is -0.820. The van der Waals surface area contributed by atoms with Crippen LogP contribution in [0.4, 0.5) is 13.2 Å². The average Bonchev–Trinajstić information content (AvgIpc) is 2.61. The lowest BCUT2D eigenvalue weighted by atomic mass is 10.3. The van der Waals surface area contributed by atoms with Crippen LogP contribution >= 0.6 is 11.6 Å². The highest BCUT2D eigenvalue weighted by Crippen LogP contribution is 2.15. The molecule has 0 saturated carbocycles. The molecule has 0 N–H and O–H groups in total. The van der Waals surface area contributed by atoms with Gasteiger partial charge in [0, 0.05) is 12.3 Å². The standard InChI is InChI=1S/C8H10ClF3N2O2/c9-3-1-2-7-13-6(14-16-7)4-15-5-8(10,11)12/h1-5H2. The highest BCUT2D eigenvalue weighted by molar-refractivity contribution is 6.17. The van der Waals surface area contributed by atoms with E-state index in [1.54, 1.807) is 0 Å². The first kappa shape index (κ1) is 13.2. The van der Waals surface area contributed by atoms with Gasteiger partial charge in [0.15, 0.2) is 5.82 Å². The minimum Gasteiger partial charge on any atom is -0.364 e. The Balaban J connectivity index is 2.29. The molecular formula is C8H10ClF3N2O2. The summed E-state index contributed by atoms with van der Waals surface area (Å²) in [5, 5.41) is 3.47. The molecule has 1 heterocycles. The maximum Gasteiger partial charge on any atom is 0.411 e. The molecule has 0 spiro atoms. The number of nitrogens with zero attached hydrogens (tertiary/aromatic N) is 2. The van der Waals surface area contributed by atoms with Gasteiger partial charge >= 0.3 is 6.18 Å². The summed E-state index contributed by atoms with van der Waals surface area (Å²) in [6, 6.07) is 0. The van der Waals surface area contributed by atoms with Gasteiger partial charge in [0.25, 0.3) is 0 Å². The van der Waals surface area contributed by atoms with Crippen molar-refractivity contribution in [2.45, 2.75) is 25.6 Å². The number of ether oxygens (including phenoxy) is 1. The fraction of sp³-hybridized carbons (Fsp3) is 0.750. The van der Waals surface area contributed by atoms with E-state index in [0.717, 1.165) is 0 Å². The Morgan fingerprint density at radius 2 is 2.12 bits per heavy atom. The first-order valence-corrected chi connectivity index (χ1v) is 5.06. The lowest BCUT2D eigenvalue weighted by molar-refractivity contribution is -0.177. The lowest BCUT2D eigenvalue weighted by Crippen LogP contribution is -2.16. The van der Waals surface area contributed by atoms with Gasteiger partial charge in [0.1, 0.15) is 13.2 Å². The number of hydrogen-bond donors (Lipinski definition) is 0. The number of halogens is 4. The summed E-state index contributed by atoms with van der Waals surface area (Å²) in [5.74, 6) is 0.919. The monoisotopic (exact) mass is 258 g/mol. The lowest BCUT2D eigenvalue weighted by Gasteiger charge is -2.04. The Bertz CT molecular complexity index is 316. The van der Waals surface area contributed by atoms with Gasteiger partial charge in [-0.3, -0.25) is 0 Å². The molecular weight excluding hydrogens is 249 g/mol. The van der Waals surface area contributed by atoms with Crippen LogP contribution in [0.5, 0.6) is 0 Å². The normalized spacial score (nSPS) is 12.0. The van der Waals surface area contributed by atoms with E-state index in [4.69, 9.17) is 16.1 Å². The van der Waals surface area contributed by atoms with Crippen LogP contribution in [0, 0.1) is 0 Å². The summed E-state index contributed by atoms with van der Waals surface area (Å²) in [4.78, 5) is 3.84. The van der Waals surface area contributed by atoms with Gasteiger partial charge in [-0.2, -0.15) is 18.2 Å². The third kappa shape index (κ3) is 5.32. The molecule has 0 aliphatic carbocycles. The summed E-state index contributed by atoms with van der Waals surface area (Å²) in [7, 11) is 0. The molecule has 1 rings (SSSR count). The van der Waals surface area contributed by atoms with E-state index in [9.17, 15) is 13.2 Å². The van der Waals surface area contributed by atoms with Crippen molar-refractivity contribution in [3.8, 4) is 0 Å². The molecule has 0 aliphatic rings. The highest BCUT2D eigenvalue weighted by atomic mass is 35.5. The molecule has 16 heavy (non-hydrogen) atoms. The van der Waals surface area contributed by atoms with E-state index in [0.29, 0.717) is 24.6 Å². The number of alkyl halides is 4. The van der Waals surface area contributed by atoms with Crippen molar-refractivity contribution in [2.24, 2.45) is 0 Å². The number of aromatic nitrogens is 2. The van der Waals surface area contributed by atoms with Gasteiger partial charge in [0.2, 0.25) is 5.89 Å². The van der Waals surface area contributed by atoms with E-state index >= 15 is 0 Å². The van der Waals surface area contributed by atoms with E-state index in [1.165, 1.54) is 0 Å². The third-order valence-corrected chi connectivity index (χ3v) is 1.80. The van der Waals surface area contributed by atoms with E-state index < -0.39 is 12.8 Å². The zero-order valence-electron chi connectivity index (χ0n) is 8.26. The van der Waals surface area contributed by atoms with Gasteiger partial charge in [0.05, 0.1) is 0 Å². The maximum absolute atomic E-state index is 11.7. The van der Waals surface area contributed by atoms with Crippen molar-refractivity contribution in [3.63, 3.8) is 0 Å². The van der Waals surface area contributed by atoms with Crippen LogP contribution in [-0.2, 0) is 17.8 Å². The van der Waals surface area contributed by atoms with Gasteiger partial charge < -0.3 is 9.26 Å². The molecule has 1 aromatic rings. The van der Waals surface area contributed by atoms with Gasteiger partial charge in [-0.25, -0.2) is 0 Å². The molecule has 0 radical (unpaired) electrons. The zero-order chi connectivity index (χ0) is 12.0. The van der Waals surface area contributed by atoms with Crippen molar-refractivity contribution < 1.29 is 22.4 Å². The molecule has 4 nitrogen and oxygen atoms in total. The van der Waals surface area contributed by atoms with Crippen molar-refractivity contribution in [1.29, 1.82) is 0 Å². The first-order valence-electron chi connectivity index (χ1n) is 4.53. The summed E-state index contributed by atoms with van der Waals surface area (Å²) in [6.07, 6.45) is -3.16. The Labute approximate surface area is 94.7 Å². The van der Waals surface area contributed by atoms with Gasteiger partial charge in [-0.1, -0.05) is 5.16 Å². The largest absolute Gasteiger partial charge is 0.411 e. The Kier molecular flexibility index (Phi) is 5.01. The second kappa shape index (κ2) is 6.05. The fourth-order valence-corrected chi connectivity index (χ4v) is 1.06. The van der Waals surface area contributed by atoms with Gasteiger partial charge in [-0.15, -0.1) is 11.6 Å². The fourth-order valence-electron chi connectivity index (χ4n) is 0.926. The van der Waals surface area contributed by atoms with Crippen molar-refractivity contribution in [3.05, 3.63) is 11.7 Å². The molecule has 0 saturated heterocycles. The Morgan fingerprint density at radius 3 is 2.75 bits per heavy atom. The molecule has 0 aliphatic heterocycles. The second-order valence-electron chi connectivity index (χ2n) is 3.00. The SMILES string of the molecule is FC(F)(F)COCc1noc(CCCCl)n1. The zero-order valence-corrected chi connectivity index (χ0v) is 9.01. The van der Waals surface area contributed by atoms with E-state index in [2.05, 4.69) is 14.9 Å². The molecule has 8 heteroatoms.